The highest BCUT2D eigenvalue weighted by Crippen LogP contribution is 2.27. The van der Waals surface area contributed by atoms with Gasteiger partial charge in [-0.25, -0.2) is 0 Å². The van der Waals surface area contributed by atoms with Gasteiger partial charge in [-0.2, -0.15) is 0 Å². The number of unbranched alkanes of at least 4 members (excludes halogenated alkanes) is 1. The summed E-state index contributed by atoms with van der Waals surface area (Å²) < 4.78 is 22.4. The third-order valence-corrected chi connectivity index (χ3v) is 3.34. The largest absolute Gasteiger partial charge is 0.497 e. The molecule has 0 unspecified atom stereocenters. The van der Waals surface area contributed by atoms with Crippen LogP contribution in [0.3, 0.4) is 0 Å². The van der Waals surface area contributed by atoms with Gasteiger partial charge in [-0.3, -0.25) is 0 Å². The molecule has 0 aliphatic rings. The van der Waals surface area contributed by atoms with Gasteiger partial charge in [0.15, 0.2) is 11.5 Å². The molecule has 0 saturated heterocycles. The molecule has 24 heavy (non-hydrogen) atoms. The van der Waals surface area contributed by atoms with E-state index in [-0.39, 0.29) is 6.10 Å². The Hall–Kier alpha value is -2.36. The zero-order valence-corrected chi connectivity index (χ0v) is 14.7. The standard InChI is InChI=1S/C20H26O4/c1-16(2)24-20-9-5-4-8-19(20)23-15-7-6-14-22-18-12-10-17(21-3)11-13-18/h4-5,8-13,16H,6-7,14-15H2,1-3H3. The van der Waals surface area contributed by atoms with E-state index in [0.717, 1.165) is 35.8 Å². The summed E-state index contributed by atoms with van der Waals surface area (Å²) in [6.07, 6.45) is 1.98. The van der Waals surface area contributed by atoms with Crippen molar-refractivity contribution < 1.29 is 18.9 Å². The van der Waals surface area contributed by atoms with Crippen LogP contribution in [0, 0.1) is 0 Å². The average Bonchev–Trinajstić information content (AvgIpc) is 2.59. The number of hydrogen-bond donors (Lipinski definition) is 0. The molecule has 0 atom stereocenters. The smallest absolute Gasteiger partial charge is 0.161 e. The van der Waals surface area contributed by atoms with Crippen LogP contribution in [0.5, 0.6) is 23.0 Å². The third-order valence-electron chi connectivity index (χ3n) is 3.34. The zero-order valence-electron chi connectivity index (χ0n) is 14.7. The highest BCUT2D eigenvalue weighted by Gasteiger charge is 2.05. The van der Waals surface area contributed by atoms with Crippen molar-refractivity contribution in [3.05, 3.63) is 48.5 Å². The molecule has 0 saturated carbocycles. The molecule has 2 aromatic rings. The van der Waals surface area contributed by atoms with Crippen LogP contribution in [0.4, 0.5) is 0 Å². The second kappa shape index (κ2) is 9.71. The van der Waals surface area contributed by atoms with Gasteiger partial charge in [0, 0.05) is 0 Å². The van der Waals surface area contributed by atoms with E-state index in [1.807, 2.05) is 62.4 Å². The molecular formula is C20H26O4. The van der Waals surface area contributed by atoms with E-state index in [1.54, 1.807) is 7.11 Å². The van der Waals surface area contributed by atoms with E-state index in [2.05, 4.69) is 0 Å². The van der Waals surface area contributed by atoms with Gasteiger partial charge in [-0.1, -0.05) is 12.1 Å². The molecule has 4 nitrogen and oxygen atoms in total. The van der Waals surface area contributed by atoms with Gasteiger partial charge >= 0.3 is 0 Å². The number of ether oxygens (including phenoxy) is 4. The number of para-hydroxylation sites is 2. The van der Waals surface area contributed by atoms with E-state index in [0.29, 0.717) is 13.2 Å². The minimum absolute atomic E-state index is 0.132. The van der Waals surface area contributed by atoms with Crippen molar-refractivity contribution in [1.29, 1.82) is 0 Å². The quantitative estimate of drug-likeness (QED) is 0.591. The van der Waals surface area contributed by atoms with E-state index >= 15 is 0 Å². The Bertz CT molecular complexity index is 593. The van der Waals surface area contributed by atoms with Crippen LogP contribution in [0.15, 0.2) is 48.5 Å². The molecule has 0 heterocycles. The number of hydrogen-bond acceptors (Lipinski definition) is 4. The van der Waals surface area contributed by atoms with Crippen molar-refractivity contribution in [3.8, 4) is 23.0 Å². The van der Waals surface area contributed by atoms with Crippen LogP contribution < -0.4 is 18.9 Å². The first-order valence-electron chi connectivity index (χ1n) is 8.34. The molecule has 130 valence electrons. The molecule has 0 amide bonds. The summed E-state index contributed by atoms with van der Waals surface area (Å²) in [6, 6.07) is 15.4. The van der Waals surface area contributed by atoms with Crippen LogP contribution in [0.2, 0.25) is 0 Å². The molecule has 0 aliphatic carbocycles. The molecule has 0 aliphatic heterocycles. The van der Waals surface area contributed by atoms with Crippen molar-refractivity contribution in [3.63, 3.8) is 0 Å². The molecule has 0 spiro atoms. The lowest BCUT2D eigenvalue weighted by Crippen LogP contribution is -2.08. The fraction of sp³-hybridized carbons (Fsp3) is 0.400. The molecule has 2 aromatic carbocycles. The predicted octanol–water partition coefficient (Wildman–Crippen LogP) is 4.72. The summed E-state index contributed by atoms with van der Waals surface area (Å²) in [6.45, 7) is 5.32. The summed E-state index contributed by atoms with van der Waals surface area (Å²) in [5, 5.41) is 0. The SMILES string of the molecule is COc1ccc(OCCCCOc2ccccc2OC(C)C)cc1. The van der Waals surface area contributed by atoms with Crippen molar-refractivity contribution >= 4 is 0 Å². The van der Waals surface area contributed by atoms with Crippen molar-refractivity contribution in [2.45, 2.75) is 32.8 Å². The van der Waals surface area contributed by atoms with Crippen molar-refractivity contribution in [1.82, 2.24) is 0 Å². The van der Waals surface area contributed by atoms with Crippen LogP contribution >= 0.6 is 0 Å². The van der Waals surface area contributed by atoms with Gasteiger partial charge in [0.1, 0.15) is 11.5 Å². The lowest BCUT2D eigenvalue weighted by atomic mass is 10.3. The van der Waals surface area contributed by atoms with Gasteiger partial charge in [-0.05, 0) is 63.1 Å². The van der Waals surface area contributed by atoms with Crippen molar-refractivity contribution in [2.75, 3.05) is 20.3 Å². The van der Waals surface area contributed by atoms with Gasteiger partial charge in [0.2, 0.25) is 0 Å². The number of methoxy groups -OCH3 is 1. The van der Waals surface area contributed by atoms with Crippen LogP contribution in [0.1, 0.15) is 26.7 Å². The Morgan fingerprint density at radius 1 is 0.750 bits per heavy atom. The normalized spacial score (nSPS) is 10.5. The Morgan fingerprint density at radius 2 is 1.33 bits per heavy atom. The Kier molecular flexibility index (Phi) is 7.27. The fourth-order valence-electron chi connectivity index (χ4n) is 2.17. The Labute approximate surface area is 144 Å². The van der Waals surface area contributed by atoms with Crippen LogP contribution in [0.25, 0.3) is 0 Å². The molecule has 0 radical (unpaired) electrons. The summed E-state index contributed by atoms with van der Waals surface area (Å²) in [5.41, 5.74) is 0. The summed E-state index contributed by atoms with van der Waals surface area (Å²) in [7, 11) is 1.65. The first-order chi connectivity index (χ1) is 11.7. The highest BCUT2D eigenvalue weighted by molar-refractivity contribution is 5.39. The fourth-order valence-corrected chi connectivity index (χ4v) is 2.17. The third kappa shape index (κ3) is 6.03. The monoisotopic (exact) mass is 330 g/mol. The second-order valence-corrected chi connectivity index (χ2v) is 5.69. The van der Waals surface area contributed by atoms with Crippen LogP contribution in [-0.4, -0.2) is 26.4 Å². The number of benzene rings is 2. The highest BCUT2D eigenvalue weighted by atomic mass is 16.5. The van der Waals surface area contributed by atoms with Gasteiger partial charge in [0.25, 0.3) is 0 Å². The van der Waals surface area contributed by atoms with E-state index < -0.39 is 0 Å². The first kappa shape index (κ1) is 18.0. The van der Waals surface area contributed by atoms with Gasteiger partial charge in [-0.15, -0.1) is 0 Å². The molecule has 4 heteroatoms. The van der Waals surface area contributed by atoms with Crippen LogP contribution in [-0.2, 0) is 0 Å². The zero-order chi connectivity index (χ0) is 17.2. The maximum Gasteiger partial charge on any atom is 0.161 e. The molecule has 2 rings (SSSR count). The summed E-state index contributed by atoms with van der Waals surface area (Å²) in [5.74, 6) is 3.27. The molecule has 0 bridgehead atoms. The predicted molar refractivity (Wildman–Crippen MR) is 95.4 cm³/mol. The lowest BCUT2D eigenvalue weighted by molar-refractivity contribution is 0.216. The molecule has 0 fully saturated rings. The van der Waals surface area contributed by atoms with Crippen molar-refractivity contribution in [2.24, 2.45) is 0 Å². The maximum atomic E-state index is 5.82. The minimum Gasteiger partial charge on any atom is -0.497 e. The summed E-state index contributed by atoms with van der Waals surface area (Å²) >= 11 is 0. The Balaban J connectivity index is 1.66. The molecule has 0 aromatic heterocycles. The Morgan fingerprint density at radius 3 is 1.96 bits per heavy atom. The van der Waals surface area contributed by atoms with Gasteiger partial charge in [0.05, 0.1) is 26.4 Å². The minimum atomic E-state index is 0.132. The van der Waals surface area contributed by atoms with E-state index in [9.17, 15) is 0 Å². The number of rotatable bonds is 10. The maximum absolute atomic E-state index is 5.82. The second-order valence-electron chi connectivity index (χ2n) is 5.69. The molecule has 0 N–H and O–H groups in total. The van der Waals surface area contributed by atoms with E-state index in [1.165, 1.54) is 0 Å². The summed E-state index contributed by atoms with van der Waals surface area (Å²) in [4.78, 5) is 0. The first-order valence-corrected chi connectivity index (χ1v) is 8.34. The topological polar surface area (TPSA) is 36.9 Å². The molecular weight excluding hydrogens is 304 g/mol. The van der Waals surface area contributed by atoms with E-state index in [4.69, 9.17) is 18.9 Å². The average molecular weight is 330 g/mol. The lowest BCUT2D eigenvalue weighted by Gasteiger charge is -2.14. The van der Waals surface area contributed by atoms with Gasteiger partial charge < -0.3 is 18.9 Å².